The predicted octanol–water partition coefficient (Wildman–Crippen LogP) is 5.97. The SMILES string of the molecule is CCSC(=O)Cc1cccc(Oc2ccc(C(F)(F)F)cc2Cl)c1. The Morgan fingerprint density at radius 3 is 2.58 bits per heavy atom. The van der Waals surface area contributed by atoms with Crippen LogP contribution in [0.1, 0.15) is 18.1 Å². The van der Waals surface area contributed by atoms with Crippen molar-refractivity contribution >= 4 is 28.5 Å². The molecule has 2 aromatic rings. The van der Waals surface area contributed by atoms with Crippen molar-refractivity contribution in [3.63, 3.8) is 0 Å². The summed E-state index contributed by atoms with van der Waals surface area (Å²) in [6.07, 6.45) is -4.20. The molecule has 2 rings (SSSR count). The summed E-state index contributed by atoms with van der Waals surface area (Å²) < 4.78 is 43.4. The quantitative estimate of drug-likeness (QED) is 0.644. The average molecular weight is 375 g/mol. The Hall–Kier alpha value is -1.66. The van der Waals surface area contributed by atoms with E-state index in [1.54, 1.807) is 24.3 Å². The van der Waals surface area contributed by atoms with Crippen LogP contribution in [0.25, 0.3) is 0 Å². The third kappa shape index (κ3) is 5.18. The van der Waals surface area contributed by atoms with Gasteiger partial charge in [-0.15, -0.1) is 0 Å². The minimum atomic E-state index is -4.46. The first kappa shape index (κ1) is 18.7. The highest BCUT2D eigenvalue weighted by molar-refractivity contribution is 8.13. The fourth-order valence-electron chi connectivity index (χ4n) is 1.98. The van der Waals surface area contributed by atoms with Crippen molar-refractivity contribution in [1.29, 1.82) is 0 Å². The molecular formula is C17H14ClF3O2S. The second kappa shape index (κ2) is 7.94. The van der Waals surface area contributed by atoms with E-state index in [4.69, 9.17) is 16.3 Å². The van der Waals surface area contributed by atoms with Gasteiger partial charge in [0.25, 0.3) is 0 Å². The number of hydrogen-bond donors (Lipinski definition) is 0. The number of benzene rings is 2. The molecule has 0 aliphatic carbocycles. The highest BCUT2D eigenvalue weighted by atomic mass is 35.5. The average Bonchev–Trinajstić information content (AvgIpc) is 2.49. The smallest absolute Gasteiger partial charge is 0.416 e. The van der Waals surface area contributed by atoms with E-state index < -0.39 is 11.7 Å². The second-order valence-electron chi connectivity index (χ2n) is 4.87. The van der Waals surface area contributed by atoms with Gasteiger partial charge >= 0.3 is 6.18 Å². The molecule has 0 aromatic heterocycles. The Kier molecular flexibility index (Phi) is 6.18. The molecule has 0 spiro atoms. The standard InChI is InChI=1S/C17H14ClF3O2S/c1-2-24-16(22)9-11-4-3-5-13(8-11)23-15-7-6-12(10-14(15)18)17(19,20)21/h3-8,10H,2,9H2,1H3. The number of rotatable bonds is 5. The highest BCUT2D eigenvalue weighted by Crippen LogP contribution is 2.36. The molecule has 0 unspecified atom stereocenters. The number of hydrogen-bond acceptors (Lipinski definition) is 3. The van der Waals surface area contributed by atoms with E-state index in [1.807, 2.05) is 6.92 Å². The largest absolute Gasteiger partial charge is 0.456 e. The molecule has 24 heavy (non-hydrogen) atoms. The molecule has 2 aromatic carbocycles. The zero-order chi connectivity index (χ0) is 17.7. The molecule has 7 heteroatoms. The van der Waals surface area contributed by atoms with Gasteiger partial charge in [-0.05, 0) is 41.6 Å². The van der Waals surface area contributed by atoms with E-state index in [0.717, 1.165) is 17.7 Å². The maximum Gasteiger partial charge on any atom is 0.416 e. The lowest BCUT2D eigenvalue weighted by Gasteiger charge is -2.11. The second-order valence-corrected chi connectivity index (χ2v) is 6.60. The summed E-state index contributed by atoms with van der Waals surface area (Å²) in [6.45, 7) is 1.90. The Morgan fingerprint density at radius 1 is 1.21 bits per heavy atom. The van der Waals surface area contributed by atoms with E-state index in [2.05, 4.69) is 0 Å². The molecule has 0 saturated carbocycles. The Morgan fingerprint density at radius 2 is 1.96 bits per heavy atom. The third-order valence-electron chi connectivity index (χ3n) is 3.04. The van der Waals surface area contributed by atoms with Gasteiger partial charge in [0, 0.05) is 6.42 Å². The summed E-state index contributed by atoms with van der Waals surface area (Å²) in [5.74, 6) is 1.23. The number of carbonyl (C=O) groups is 1. The van der Waals surface area contributed by atoms with Gasteiger partial charge in [0.15, 0.2) is 5.12 Å². The maximum atomic E-state index is 12.6. The van der Waals surface area contributed by atoms with Gasteiger partial charge in [-0.2, -0.15) is 13.2 Å². The molecule has 0 radical (unpaired) electrons. The Balaban J connectivity index is 2.15. The summed E-state index contributed by atoms with van der Waals surface area (Å²) in [7, 11) is 0. The van der Waals surface area contributed by atoms with Gasteiger partial charge in [0.05, 0.1) is 10.6 Å². The van der Waals surface area contributed by atoms with Gasteiger partial charge < -0.3 is 4.74 Å². The predicted molar refractivity (Wildman–Crippen MR) is 89.8 cm³/mol. The van der Waals surface area contributed by atoms with Crippen molar-refractivity contribution in [1.82, 2.24) is 0 Å². The van der Waals surface area contributed by atoms with Crippen LogP contribution in [0.3, 0.4) is 0 Å². The topological polar surface area (TPSA) is 26.3 Å². The number of thioether (sulfide) groups is 1. The van der Waals surface area contributed by atoms with Crippen molar-refractivity contribution in [2.45, 2.75) is 19.5 Å². The number of alkyl halides is 3. The zero-order valence-corrected chi connectivity index (χ0v) is 14.3. The van der Waals surface area contributed by atoms with Gasteiger partial charge in [0.2, 0.25) is 0 Å². The van der Waals surface area contributed by atoms with Crippen molar-refractivity contribution < 1.29 is 22.7 Å². The van der Waals surface area contributed by atoms with Gasteiger partial charge in [-0.25, -0.2) is 0 Å². The molecule has 2 nitrogen and oxygen atoms in total. The summed E-state index contributed by atoms with van der Waals surface area (Å²) in [6, 6.07) is 9.73. The van der Waals surface area contributed by atoms with Crippen LogP contribution >= 0.6 is 23.4 Å². The lowest BCUT2D eigenvalue weighted by molar-refractivity contribution is -0.137. The molecule has 0 saturated heterocycles. The monoisotopic (exact) mass is 374 g/mol. The fourth-order valence-corrected chi connectivity index (χ4v) is 2.79. The molecule has 0 heterocycles. The van der Waals surface area contributed by atoms with E-state index in [0.29, 0.717) is 11.5 Å². The normalized spacial score (nSPS) is 11.4. The van der Waals surface area contributed by atoms with Crippen LogP contribution in [0, 0.1) is 0 Å². The summed E-state index contributed by atoms with van der Waals surface area (Å²) >= 11 is 7.10. The van der Waals surface area contributed by atoms with Crippen LogP contribution in [0.4, 0.5) is 13.2 Å². The number of ether oxygens (including phenoxy) is 1. The van der Waals surface area contributed by atoms with Crippen LogP contribution in [-0.4, -0.2) is 10.9 Å². The molecule has 0 fully saturated rings. The maximum absolute atomic E-state index is 12.6. The lowest BCUT2D eigenvalue weighted by Crippen LogP contribution is -2.04. The van der Waals surface area contributed by atoms with Gasteiger partial charge in [0.1, 0.15) is 11.5 Å². The van der Waals surface area contributed by atoms with Crippen molar-refractivity contribution in [3.8, 4) is 11.5 Å². The van der Waals surface area contributed by atoms with Crippen molar-refractivity contribution in [2.75, 3.05) is 5.75 Å². The molecule has 0 aliphatic rings. The van der Waals surface area contributed by atoms with Crippen LogP contribution in [0.5, 0.6) is 11.5 Å². The van der Waals surface area contributed by atoms with Crippen molar-refractivity contribution in [3.05, 3.63) is 58.6 Å². The highest BCUT2D eigenvalue weighted by Gasteiger charge is 2.31. The summed E-state index contributed by atoms with van der Waals surface area (Å²) in [4.78, 5) is 11.7. The Bertz CT molecular complexity index is 732. The van der Waals surface area contributed by atoms with Gasteiger partial charge in [-0.1, -0.05) is 42.4 Å². The Labute approximate surface area is 147 Å². The van der Waals surface area contributed by atoms with E-state index >= 15 is 0 Å². The lowest BCUT2D eigenvalue weighted by atomic mass is 10.1. The minimum absolute atomic E-state index is 0.0437. The van der Waals surface area contributed by atoms with Crippen LogP contribution < -0.4 is 4.74 Å². The zero-order valence-electron chi connectivity index (χ0n) is 12.7. The number of carbonyl (C=O) groups excluding carboxylic acids is 1. The van der Waals surface area contributed by atoms with E-state index in [1.165, 1.54) is 17.8 Å². The molecule has 0 bridgehead atoms. The molecule has 0 N–H and O–H groups in total. The molecule has 0 aliphatic heterocycles. The first-order valence-corrected chi connectivity index (χ1v) is 8.45. The van der Waals surface area contributed by atoms with E-state index in [9.17, 15) is 18.0 Å². The van der Waals surface area contributed by atoms with Crippen LogP contribution in [0.15, 0.2) is 42.5 Å². The van der Waals surface area contributed by atoms with Crippen LogP contribution in [-0.2, 0) is 17.4 Å². The fraction of sp³-hybridized carbons (Fsp3) is 0.235. The molecular weight excluding hydrogens is 361 g/mol. The number of halogens is 4. The molecule has 0 amide bonds. The third-order valence-corrected chi connectivity index (χ3v) is 4.09. The molecule has 128 valence electrons. The van der Waals surface area contributed by atoms with E-state index in [-0.39, 0.29) is 22.3 Å². The molecule has 0 atom stereocenters. The van der Waals surface area contributed by atoms with Crippen LogP contribution in [0.2, 0.25) is 5.02 Å². The summed E-state index contributed by atoms with van der Waals surface area (Å²) in [5, 5.41) is -0.0879. The first-order valence-electron chi connectivity index (χ1n) is 7.08. The van der Waals surface area contributed by atoms with Crippen molar-refractivity contribution in [2.24, 2.45) is 0 Å². The summed E-state index contributed by atoms with van der Waals surface area (Å²) in [5.41, 5.74) is -0.0720. The first-order chi connectivity index (χ1) is 11.3. The minimum Gasteiger partial charge on any atom is -0.456 e. The van der Waals surface area contributed by atoms with Gasteiger partial charge in [-0.3, -0.25) is 4.79 Å².